The van der Waals surface area contributed by atoms with Gasteiger partial charge in [0, 0.05) is 23.8 Å². The van der Waals surface area contributed by atoms with Crippen LogP contribution in [0.5, 0.6) is 0 Å². The van der Waals surface area contributed by atoms with Crippen molar-refractivity contribution < 1.29 is 4.79 Å². The minimum atomic E-state index is -0.167. The Morgan fingerprint density at radius 2 is 2.21 bits per heavy atom. The van der Waals surface area contributed by atoms with Gasteiger partial charge in [-0.05, 0) is 19.1 Å². The van der Waals surface area contributed by atoms with Gasteiger partial charge in [-0.3, -0.25) is 9.59 Å². The number of aromatic nitrogens is 1. The average Bonchev–Trinajstić information content (AvgIpc) is 2.81. The number of carbonyl (C=O) groups is 1. The molecule has 100 valence electrons. The Balaban J connectivity index is 2.11. The predicted molar refractivity (Wildman–Crippen MR) is 76.8 cm³/mol. The van der Waals surface area contributed by atoms with Crippen molar-refractivity contribution in [3.05, 3.63) is 50.1 Å². The highest BCUT2D eigenvalue weighted by atomic mass is 32.1. The molecular formula is C13H15N3O2S. The van der Waals surface area contributed by atoms with Gasteiger partial charge in [0.05, 0.1) is 12.1 Å². The van der Waals surface area contributed by atoms with Gasteiger partial charge in [-0.1, -0.05) is 23.0 Å². The van der Waals surface area contributed by atoms with E-state index in [0.29, 0.717) is 17.8 Å². The Hall–Kier alpha value is -2.08. The molecule has 0 unspecified atom stereocenters. The molecule has 0 saturated heterocycles. The van der Waals surface area contributed by atoms with Crippen LogP contribution in [0, 0.1) is 6.92 Å². The molecule has 1 amide bonds. The normalized spacial score (nSPS) is 10.2. The molecule has 0 aliphatic carbocycles. The molecule has 6 heteroatoms. The highest BCUT2D eigenvalue weighted by Crippen LogP contribution is 2.16. The number of H-pyrrole nitrogens is 1. The summed E-state index contributed by atoms with van der Waals surface area (Å²) in [7, 11) is 1.78. The zero-order chi connectivity index (χ0) is 13.8. The topological polar surface area (TPSA) is 74.0 Å². The molecule has 0 fully saturated rings. The zero-order valence-corrected chi connectivity index (χ0v) is 11.6. The maximum absolute atomic E-state index is 12.1. The Morgan fingerprint density at radius 1 is 1.42 bits per heavy atom. The van der Waals surface area contributed by atoms with E-state index in [1.807, 2.05) is 25.1 Å². The molecule has 1 aromatic carbocycles. The van der Waals surface area contributed by atoms with E-state index >= 15 is 0 Å². The highest BCUT2D eigenvalue weighted by Gasteiger charge is 2.11. The standard InChI is InChI=1S/C13H15N3O2S/c1-8-3-4-11(14-2)10(5-8)12(17)15-6-9-7-19-13(18)16-9/h3-5,7,14H,6H2,1-2H3,(H,15,17)(H,16,18). The van der Waals surface area contributed by atoms with Crippen molar-refractivity contribution in [2.75, 3.05) is 12.4 Å². The van der Waals surface area contributed by atoms with Crippen LogP contribution in [0.4, 0.5) is 5.69 Å². The second-order valence-electron chi connectivity index (χ2n) is 4.16. The first kappa shape index (κ1) is 13.4. The van der Waals surface area contributed by atoms with E-state index in [9.17, 15) is 9.59 Å². The van der Waals surface area contributed by atoms with E-state index in [4.69, 9.17) is 0 Å². The van der Waals surface area contributed by atoms with Crippen molar-refractivity contribution in [2.24, 2.45) is 0 Å². The summed E-state index contributed by atoms with van der Waals surface area (Å²) in [5, 5.41) is 7.48. The Kier molecular flexibility index (Phi) is 4.01. The molecule has 5 nitrogen and oxygen atoms in total. The third kappa shape index (κ3) is 3.23. The molecule has 0 bridgehead atoms. The van der Waals surface area contributed by atoms with Gasteiger partial charge in [0.2, 0.25) is 0 Å². The first-order chi connectivity index (χ1) is 9.10. The molecule has 0 aliphatic heterocycles. The third-order valence-electron chi connectivity index (χ3n) is 2.70. The van der Waals surface area contributed by atoms with Crippen LogP contribution < -0.4 is 15.5 Å². The van der Waals surface area contributed by atoms with E-state index in [2.05, 4.69) is 15.6 Å². The summed E-state index contributed by atoms with van der Waals surface area (Å²) in [5.74, 6) is -0.167. The van der Waals surface area contributed by atoms with Gasteiger partial charge in [-0.2, -0.15) is 0 Å². The fraction of sp³-hybridized carbons (Fsp3) is 0.231. The zero-order valence-electron chi connectivity index (χ0n) is 10.7. The number of benzene rings is 1. The quantitative estimate of drug-likeness (QED) is 0.796. The van der Waals surface area contributed by atoms with Gasteiger partial charge in [-0.15, -0.1) is 0 Å². The van der Waals surface area contributed by atoms with Crippen LogP contribution in [-0.4, -0.2) is 17.9 Å². The summed E-state index contributed by atoms with van der Waals surface area (Å²) in [5.41, 5.74) is 3.11. The van der Waals surface area contributed by atoms with Gasteiger partial charge in [0.25, 0.3) is 5.91 Å². The number of aromatic amines is 1. The van der Waals surface area contributed by atoms with Crippen molar-refractivity contribution >= 4 is 22.9 Å². The lowest BCUT2D eigenvalue weighted by Crippen LogP contribution is -2.24. The minimum Gasteiger partial charge on any atom is -0.387 e. The van der Waals surface area contributed by atoms with E-state index < -0.39 is 0 Å². The lowest BCUT2D eigenvalue weighted by atomic mass is 10.1. The number of rotatable bonds is 4. The van der Waals surface area contributed by atoms with Crippen molar-refractivity contribution in [3.8, 4) is 0 Å². The van der Waals surface area contributed by atoms with Crippen molar-refractivity contribution in [1.29, 1.82) is 0 Å². The molecule has 2 rings (SSSR count). The number of thiazole rings is 1. The van der Waals surface area contributed by atoms with E-state index in [0.717, 1.165) is 22.6 Å². The van der Waals surface area contributed by atoms with Crippen LogP contribution in [0.25, 0.3) is 0 Å². The summed E-state index contributed by atoms with van der Waals surface area (Å²) in [6.07, 6.45) is 0. The maximum Gasteiger partial charge on any atom is 0.304 e. The highest BCUT2D eigenvalue weighted by molar-refractivity contribution is 7.07. The first-order valence-corrected chi connectivity index (χ1v) is 6.71. The Bertz CT molecular complexity index is 645. The molecule has 0 saturated carbocycles. The van der Waals surface area contributed by atoms with Crippen LogP contribution in [0.2, 0.25) is 0 Å². The number of carbonyl (C=O) groups excluding carboxylic acids is 1. The van der Waals surface area contributed by atoms with E-state index in [1.165, 1.54) is 0 Å². The largest absolute Gasteiger partial charge is 0.387 e. The molecule has 2 aromatic rings. The van der Waals surface area contributed by atoms with Crippen LogP contribution in [0.15, 0.2) is 28.4 Å². The molecule has 0 atom stereocenters. The molecule has 0 radical (unpaired) electrons. The average molecular weight is 277 g/mol. The Labute approximate surface area is 114 Å². The molecule has 3 N–H and O–H groups in total. The third-order valence-corrected chi connectivity index (χ3v) is 3.42. The second-order valence-corrected chi connectivity index (χ2v) is 5.00. The SMILES string of the molecule is CNc1ccc(C)cc1C(=O)NCc1csc(=O)[nH]1. The molecule has 0 aliphatic rings. The number of amides is 1. The van der Waals surface area contributed by atoms with Crippen LogP contribution >= 0.6 is 11.3 Å². The van der Waals surface area contributed by atoms with Gasteiger partial charge in [-0.25, -0.2) is 0 Å². The van der Waals surface area contributed by atoms with Crippen LogP contribution in [-0.2, 0) is 6.54 Å². The summed E-state index contributed by atoms with van der Waals surface area (Å²) in [4.78, 5) is 25.6. The number of anilines is 1. The van der Waals surface area contributed by atoms with Gasteiger partial charge >= 0.3 is 4.87 Å². The van der Waals surface area contributed by atoms with Gasteiger partial charge < -0.3 is 15.6 Å². The van der Waals surface area contributed by atoms with E-state index in [1.54, 1.807) is 12.4 Å². The van der Waals surface area contributed by atoms with Crippen molar-refractivity contribution in [1.82, 2.24) is 10.3 Å². The number of hydrogen-bond donors (Lipinski definition) is 3. The molecule has 1 heterocycles. The number of nitrogens with one attached hydrogen (secondary N) is 3. The molecule has 1 aromatic heterocycles. The summed E-state index contributed by atoms with van der Waals surface area (Å²) >= 11 is 1.09. The monoisotopic (exact) mass is 277 g/mol. The molecular weight excluding hydrogens is 262 g/mol. The van der Waals surface area contributed by atoms with Gasteiger partial charge in [0.1, 0.15) is 0 Å². The minimum absolute atomic E-state index is 0.115. The number of hydrogen-bond acceptors (Lipinski definition) is 4. The second kappa shape index (κ2) is 5.71. The fourth-order valence-electron chi connectivity index (χ4n) is 1.74. The smallest absolute Gasteiger partial charge is 0.304 e. The predicted octanol–water partition coefficient (Wildman–Crippen LogP) is 1.72. The lowest BCUT2D eigenvalue weighted by molar-refractivity contribution is 0.0951. The lowest BCUT2D eigenvalue weighted by Gasteiger charge is -2.10. The van der Waals surface area contributed by atoms with Crippen LogP contribution in [0.3, 0.4) is 0 Å². The summed E-state index contributed by atoms with van der Waals surface area (Å²) in [6.45, 7) is 2.25. The van der Waals surface area contributed by atoms with Crippen molar-refractivity contribution in [3.63, 3.8) is 0 Å². The van der Waals surface area contributed by atoms with E-state index in [-0.39, 0.29) is 10.8 Å². The van der Waals surface area contributed by atoms with Crippen LogP contribution in [0.1, 0.15) is 21.6 Å². The number of aryl methyl sites for hydroxylation is 1. The fourth-order valence-corrected chi connectivity index (χ4v) is 2.32. The molecule has 0 spiro atoms. The Morgan fingerprint density at radius 3 is 2.84 bits per heavy atom. The first-order valence-electron chi connectivity index (χ1n) is 5.83. The maximum atomic E-state index is 12.1. The summed E-state index contributed by atoms with van der Waals surface area (Å²) < 4.78 is 0. The van der Waals surface area contributed by atoms with Crippen molar-refractivity contribution in [2.45, 2.75) is 13.5 Å². The summed E-state index contributed by atoms with van der Waals surface area (Å²) in [6, 6.07) is 5.65. The van der Waals surface area contributed by atoms with Gasteiger partial charge in [0.15, 0.2) is 0 Å². The molecule has 19 heavy (non-hydrogen) atoms.